The summed E-state index contributed by atoms with van der Waals surface area (Å²) in [7, 11) is 3.86. The summed E-state index contributed by atoms with van der Waals surface area (Å²) >= 11 is 6.50. The number of piperazine rings is 1. The lowest BCUT2D eigenvalue weighted by Crippen LogP contribution is -2.47. The zero-order chi connectivity index (χ0) is 24.4. The van der Waals surface area contributed by atoms with Crippen molar-refractivity contribution in [1.82, 2.24) is 24.8 Å². The maximum Gasteiger partial charge on any atom is 0.159 e. The largest absolute Gasteiger partial charge is 0.383 e. The molecule has 188 valence electrons. The SMILES string of the molecule is COCCN1CCN(c2ccc(-c3nc4c(NC5CCN(C)CC5)c(Cl)cnc4[nH]3)c(F)c2)CC1. The normalized spacial score (nSPS) is 18.5. The van der Waals surface area contributed by atoms with Crippen LogP contribution in [0, 0.1) is 5.82 Å². The number of nitrogens with zero attached hydrogens (tertiary/aromatic N) is 5. The van der Waals surface area contributed by atoms with E-state index in [1.807, 2.05) is 6.07 Å². The van der Waals surface area contributed by atoms with E-state index in [-0.39, 0.29) is 5.82 Å². The van der Waals surface area contributed by atoms with Gasteiger partial charge in [0.15, 0.2) is 5.65 Å². The number of pyridine rings is 1. The minimum atomic E-state index is -0.306. The molecule has 0 aliphatic carbocycles. The van der Waals surface area contributed by atoms with Crippen molar-refractivity contribution in [2.24, 2.45) is 0 Å². The third kappa shape index (κ3) is 5.38. The zero-order valence-corrected chi connectivity index (χ0v) is 21.1. The molecule has 2 aliphatic heterocycles. The van der Waals surface area contributed by atoms with Gasteiger partial charge in [0.1, 0.15) is 17.2 Å². The lowest BCUT2D eigenvalue weighted by molar-refractivity contribution is 0.144. The topological polar surface area (TPSA) is 72.6 Å². The number of hydrogen-bond donors (Lipinski definition) is 2. The molecule has 2 N–H and O–H groups in total. The molecule has 2 saturated heterocycles. The number of hydrogen-bond acceptors (Lipinski definition) is 7. The first kappa shape index (κ1) is 24.2. The summed E-state index contributed by atoms with van der Waals surface area (Å²) in [5.74, 6) is 0.147. The number of anilines is 2. The summed E-state index contributed by atoms with van der Waals surface area (Å²) in [4.78, 5) is 19.2. The molecule has 8 nitrogen and oxygen atoms in total. The highest BCUT2D eigenvalue weighted by molar-refractivity contribution is 6.34. The Morgan fingerprint density at radius 3 is 2.66 bits per heavy atom. The highest BCUT2D eigenvalue weighted by Gasteiger charge is 2.22. The van der Waals surface area contributed by atoms with Crippen LogP contribution in [-0.2, 0) is 4.74 Å². The number of nitrogens with one attached hydrogen (secondary N) is 2. The number of methoxy groups -OCH3 is 1. The van der Waals surface area contributed by atoms with Gasteiger partial charge < -0.3 is 24.8 Å². The van der Waals surface area contributed by atoms with E-state index in [9.17, 15) is 0 Å². The first-order valence-electron chi connectivity index (χ1n) is 12.3. The van der Waals surface area contributed by atoms with Gasteiger partial charge in [-0.1, -0.05) is 11.6 Å². The summed E-state index contributed by atoms with van der Waals surface area (Å²) in [6.07, 6.45) is 3.68. The molecule has 35 heavy (non-hydrogen) atoms. The van der Waals surface area contributed by atoms with Gasteiger partial charge in [0.25, 0.3) is 0 Å². The number of rotatable bonds is 7. The Kier molecular flexibility index (Phi) is 7.38. The van der Waals surface area contributed by atoms with Gasteiger partial charge in [-0.15, -0.1) is 0 Å². The Morgan fingerprint density at radius 1 is 1.17 bits per heavy atom. The number of halogens is 2. The van der Waals surface area contributed by atoms with Crippen LogP contribution in [0.1, 0.15) is 12.8 Å². The second-order valence-electron chi connectivity index (χ2n) is 9.47. The Labute approximate surface area is 210 Å². The number of piperidine rings is 1. The summed E-state index contributed by atoms with van der Waals surface area (Å²) in [6.45, 7) is 7.34. The molecule has 1 aromatic carbocycles. The Bertz CT molecular complexity index is 1160. The van der Waals surface area contributed by atoms with E-state index >= 15 is 4.39 Å². The molecular weight excluding hydrogens is 469 g/mol. The number of fused-ring (bicyclic) bond motifs is 1. The highest BCUT2D eigenvalue weighted by Crippen LogP contribution is 2.33. The van der Waals surface area contributed by atoms with Gasteiger partial charge in [0.05, 0.1) is 29.1 Å². The van der Waals surface area contributed by atoms with Crippen LogP contribution in [-0.4, -0.2) is 97.4 Å². The van der Waals surface area contributed by atoms with Gasteiger partial charge in [0.2, 0.25) is 0 Å². The molecular formula is C25H33ClFN7O. The molecule has 0 radical (unpaired) electrons. The number of aromatic nitrogens is 3. The fraction of sp³-hybridized carbons (Fsp3) is 0.520. The van der Waals surface area contributed by atoms with Gasteiger partial charge in [-0.2, -0.15) is 0 Å². The summed E-state index contributed by atoms with van der Waals surface area (Å²) in [5, 5.41) is 4.09. The van der Waals surface area contributed by atoms with Crippen molar-refractivity contribution in [2.45, 2.75) is 18.9 Å². The number of benzene rings is 1. The second-order valence-corrected chi connectivity index (χ2v) is 9.88. The van der Waals surface area contributed by atoms with Crippen molar-refractivity contribution >= 4 is 34.1 Å². The third-order valence-electron chi connectivity index (χ3n) is 7.09. The average molecular weight is 502 g/mol. The van der Waals surface area contributed by atoms with Crippen LogP contribution in [0.3, 0.4) is 0 Å². The van der Waals surface area contributed by atoms with Gasteiger partial charge in [-0.3, -0.25) is 4.90 Å². The fourth-order valence-electron chi connectivity index (χ4n) is 4.90. The second kappa shape index (κ2) is 10.7. The highest BCUT2D eigenvalue weighted by atomic mass is 35.5. The van der Waals surface area contributed by atoms with Gasteiger partial charge in [-0.05, 0) is 51.2 Å². The zero-order valence-electron chi connectivity index (χ0n) is 20.4. The van der Waals surface area contributed by atoms with Crippen molar-refractivity contribution in [2.75, 3.05) is 76.8 Å². The molecule has 3 aromatic rings. The van der Waals surface area contributed by atoms with E-state index in [4.69, 9.17) is 21.3 Å². The van der Waals surface area contributed by atoms with E-state index in [0.29, 0.717) is 33.6 Å². The van der Waals surface area contributed by atoms with E-state index in [1.165, 1.54) is 0 Å². The van der Waals surface area contributed by atoms with Crippen molar-refractivity contribution < 1.29 is 9.13 Å². The molecule has 5 rings (SSSR count). The number of likely N-dealkylation sites (tertiary alicyclic amines) is 1. The molecule has 10 heteroatoms. The first-order valence-corrected chi connectivity index (χ1v) is 12.6. The van der Waals surface area contributed by atoms with Crippen LogP contribution in [0.25, 0.3) is 22.6 Å². The van der Waals surface area contributed by atoms with Crippen LogP contribution in [0.5, 0.6) is 0 Å². The fourth-order valence-corrected chi connectivity index (χ4v) is 5.09. The molecule has 0 spiro atoms. The molecule has 0 atom stereocenters. The number of H-pyrrole nitrogens is 1. The molecule has 2 fully saturated rings. The third-order valence-corrected chi connectivity index (χ3v) is 7.38. The van der Waals surface area contributed by atoms with Crippen LogP contribution >= 0.6 is 11.6 Å². The smallest absolute Gasteiger partial charge is 0.159 e. The van der Waals surface area contributed by atoms with Gasteiger partial charge in [-0.25, -0.2) is 14.4 Å². The van der Waals surface area contributed by atoms with Crippen LogP contribution in [0.15, 0.2) is 24.4 Å². The first-order chi connectivity index (χ1) is 17.0. The minimum absolute atomic E-state index is 0.306. The Morgan fingerprint density at radius 2 is 1.94 bits per heavy atom. The summed E-state index contributed by atoms with van der Waals surface area (Å²) in [5.41, 5.74) is 3.31. The Balaban J connectivity index is 1.34. The van der Waals surface area contributed by atoms with Crippen LogP contribution < -0.4 is 10.2 Å². The molecule has 0 unspecified atom stereocenters. The lowest BCUT2D eigenvalue weighted by atomic mass is 10.1. The van der Waals surface area contributed by atoms with E-state index < -0.39 is 0 Å². The van der Waals surface area contributed by atoms with Crippen LogP contribution in [0.4, 0.5) is 15.8 Å². The van der Waals surface area contributed by atoms with Crippen molar-refractivity contribution in [3.8, 4) is 11.4 Å². The number of aromatic amines is 1. The van der Waals surface area contributed by atoms with Gasteiger partial charge >= 0.3 is 0 Å². The molecule has 0 amide bonds. The van der Waals surface area contributed by atoms with Gasteiger partial charge in [0, 0.05) is 51.6 Å². The van der Waals surface area contributed by atoms with Crippen molar-refractivity contribution in [3.05, 3.63) is 35.2 Å². The number of imidazole rings is 1. The summed E-state index contributed by atoms with van der Waals surface area (Å²) in [6, 6.07) is 5.69. The maximum atomic E-state index is 15.3. The van der Waals surface area contributed by atoms with Crippen molar-refractivity contribution in [1.29, 1.82) is 0 Å². The quantitative estimate of drug-likeness (QED) is 0.511. The van der Waals surface area contributed by atoms with Crippen molar-refractivity contribution in [3.63, 3.8) is 0 Å². The standard InChI is InChI=1S/C25H33ClFN7O/c1-32-7-5-17(6-8-32)29-22-20(26)16-28-25-23(22)30-24(31-25)19-4-3-18(15-21(19)27)34-11-9-33(10-12-34)13-14-35-2/h3-4,15-17H,5-14H2,1-2H3,(H2,28,29,30,31). The predicted octanol–water partition coefficient (Wildman–Crippen LogP) is 3.69. The molecule has 4 heterocycles. The Hall–Kier alpha value is -2.46. The summed E-state index contributed by atoms with van der Waals surface area (Å²) < 4.78 is 20.4. The van der Waals surface area contributed by atoms with E-state index in [1.54, 1.807) is 25.4 Å². The lowest BCUT2D eigenvalue weighted by Gasteiger charge is -2.36. The van der Waals surface area contributed by atoms with E-state index in [0.717, 1.165) is 76.6 Å². The molecule has 0 bridgehead atoms. The predicted molar refractivity (Wildman–Crippen MR) is 139 cm³/mol. The van der Waals surface area contributed by atoms with Crippen LogP contribution in [0.2, 0.25) is 5.02 Å². The molecule has 2 aliphatic rings. The molecule has 0 saturated carbocycles. The monoisotopic (exact) mass is 501 g/mol. The van der Waals surface area contributed by atoms with E-state index in [2.05, 4.69) is 37.0 Å². The average Bonchev–Trinajstić information content (AvgIpc) is 3.30. The maximum absolute atomic E-state index is 15.3. The molecule has 2 aromatic heterocycles. The number of ether oxygens (including phenoxy) is 1. The minimum Gasteiger partial charge on any atom is -0.383 e.